The van der Waals surface area contributed by atoms with Crippen LogP contribution in [0.3, 0.4) is 0 Å². The zero-order chi connectivity index (χ0) is 20.6. The van der Waals surface area contributed by atoms with Gasteiger partial charge in [-0.2, -0.15) is 0 Å². The molecule has 1 aromatic carbocycles. The summed E-state index contributed by atoms with van der Waals surface area (Å²) in [6.07, 6.45) is 2.27. The SMILES string of the molecule is CN=C(NCc1ccc(CN2CCOCC2)cc1)NC1CCN(c2cccs2)CC1.I. The molecule has 0 bridgehead atoms. The molecule has 8 heteroatoms. The maximum absolute atomic E-state index is 5.43. The zero-order valence-electron chi connectivity index (χ0n) is 18.3. The lowest BCUT2D eigenvalue weighted by molar-refractivity contribution is 0.0342. The van der Waals surface area contributed by atoms with E-state index in [4.69, 9.17) is 4.74 Å². The van der Waals surface area contributed by atoms with Crippen molar-refractivity contribution >= 4 is 46.3 Å². The van der Waals surface area contributed by atoms with Crippen molar-refractivity contribution in [2.45, 2.75) is 32.0 Å². The van der Waals surface area contributed by atoms with Gasteiger partial charge in [0.05, 0.1) is 18.2 Å². The molecule has 6 nitrogen and oxygen atoms in total. The van der Waals surface area contributed by atoms with Gasteiger partial charge in [-0.25, -0.2) is 0 Å². The Labute approximate surface area is 207 Å². The average molecular weight is 556 g/mol. The van der Waals surface area contributed by atoms with Crippen LogP contribution >= 0.6 is 35.3 Å². The Balaban J connectivity index is 0.00000272. The third-order valence-electron chi connectivity index (χ3n) is 5.87. The lowest BCUT2D eigenvalue weighted by Gasteiger charge is -2.33. The molecule has 31 heavy (non-hydrogen) atoms. The van der Waals surface area contributed by atoms with Crippen LogP contribution < -0.4 is 15.5 Å². The van der Waals surface area contributed by atoms with Gasteiger partial charge in [-0.15, -0.1) is 35.3 Å². The maximum Gasteiger partial charge on any atom is 0.191 e. The number of piperidine rings is 1. The number of nitrogens with one attached hydrogen (secondary N) is 2. The van der Waals surface area contributed by atoms with E-state index in [1.807, 2.05) is 18.4 Å². The van der Waals surface area contributed by atoms with Crippen molar-refractivity contribution in [2.24, 2.45) is 4.99 Å². The van der Waals surface area contributed by atoms with Crippen LogP contribution in [-0.4, -0.2) is 63.3 Å². The third kappa shape index (κ3) is 7.34. The molecule has 2 aliphatic rings. The predicted octanol–water partition coefficient (Wildman–Crippen LogP) is 3.53. The molecule has 0 spiro atoms. The molecule has 170 valence electrons. The molecule has 2 fully saturated rings. The Hall–Kier alpha value is -1.36. The zero-order valence-corrected chi connectivity index (χ0v) is 21.4. The topological polar surface area (TPSA) is 52.1 Å². The number of aliphatic imine (C=N–C) groups is 1. The number of rotatable bonds is 6. The summed E-state index contributed by atoms with van der Waals surface area (Å²) in [7, 11) is 1.85. The molecule has 0 unspecified atom stereocenters. The second-order valence-electron chi connectivity index (χ2n) is 7.99. The Morgan fingerprint density at radius 1 is 1.06 bits per heavy atom. The van der Waals surface area contributed by atoms with E-state index in [9.17, 15) is 0 Å². The van der Waals surface area contributed by atoms with Crippen molar-refractivity contribution in [3.63, 3.8) is 0 Å². The Kier molecular flexibility index (Phi) is 9.89. The summed E-state index contributed by atoms with van der Waals surface area (Å²) in [4.78, 5) is 9.36. The summed E-state index contributed by atoms with van der Waals surface area (Å²) in [6.45, 7) is 7.73. The minimum absolute atomic E-state index is 0. The summed E-state index contributed by atoms with van der Waals surface area (Å²) in [5.74, 6) is 0.891. The number of thiophene rings is 1. The monoisotopic (exact) mass is 555 g/mol. The van der Waals surface area contributed by atoms with Gasteiger partial charge in [0.25, 0.3) is 0 Å². The second kappa shape index (κ2) is 12.6. The third-order valence-corrected chi connectivity index (χ3v) is 6.80. The van der Waals surface area contributed by atoms with Crippen LogP contribution in [0.5, 0.6) is 0 Å². The number of benzene rings is 1. The van der Waals surface area contributed by atoms with E-state index >= 15 is 0 Å². The fraction of sp³-hybridized carbons (Fsp3) is 0.522. The van der Waals surface area contributed by atoms with Crippen LogP contribution in [0, 0.1) is 0 Å². The molecule has 0 radical (unpaired) electrons. The summed E-state index contributed by atoms with van der Waals surface area (Å²) < 4.78 is 5.43. The predicted molar refractivity (Wildman–Crippen MR) is 141 cm³/mol. The average Bonchev–Trinajstić information content (AvgIpc) is 3.34. The quantitative estimate of drug-likeness (QED) is 0.325. The number of nitrogens with zero attached hydrogens (tertiary/aromatic N) is 3. The van der Waals surface area contributed by atoms with Crippen LogP contribution in [0.25, 0.3) is 0 Å². The lowest BCUT2D eigenvalue weighted by atomic mass is 10.1. The van der Waals surface area contributed by atoms with E-state index in [-0.39, 0.29) is 24.0 Å². The number of hydrogen-bond acceptors (Lipinski definition) is 5. The standard InChI is InChI=1S/C23H33N5OS.HI/c1-24-23(26-21-8-10-28(11-9-21)22-3-2-16-30-22)25-17-19-4-6-20(7-5-19)18-27-12-14-29-15-13-27;/h2-7,16,21H,8-15,17-18H2,1H3,(H2,24,25,26);1H. The summed E-state index contributed by atoms with van der Waals surface area (Å²) in [5, 5.41) is 10.6. The highest BCUT2D eigenvalue weighted by Crippen LogP contribution is 2.24. The Morgan fingerprint density at radius 2 is 1.77 bits per heavy atom. The van der Waals surface area contributed by atoms with Gasteiger partial charge in [0.1, 0.15) is 0 Å². The van der Waals surface area contributed by atoms with Crippen LogP contribution in [0.2, 0.25) is 0 Å². The van der Waals surface area contributed by atoms with Crippen molar-refractivity contribution in [1.82, 2.24) is 15.5 Å². The van der Waals surface area contributed by atoms with E-state index in [1.165, 1.54) is 16.1 Å². The first-order chi connectivity index (χ1) is 14.8. The van der Waals surface area contributed by atoms with Crippen molar-refractivity contribution < 1.29 is 4.74 Å². The van der Waals surface area contributed by atoms with Crippen molar-refractivity contribution in [3.05, 3.63) is 52.9 Å². The molecule has 4 rings (SSSR count). The molecule has 2 N–H and O–H groups in total. The molecule has 1 aromatic heterocycles. The fourth-order valence-corrected chi connectivity index (χ4v) is 4.83. The Morgan fingerprint density at radius 3 is 2.42 bits per heavy atom. The lowest BCUT2D eigenvalue weighted by Crippen LogP contribution is -2.48. The first kappa shape index (κ1) is 24.3. The van der Waals surface area contributed by atoms with Crippen molar-refractivity contribution in [2.75, 3.05) is 51.3 Å². The first-order valence-electron chi connectivity index (χ1n) is 10.9. The van der Waals surface area contributed by atoms with E-state index < -0.39 is 0 Å². The van der Waals surface area contributed by atoms with Gasteiger partial charge < -0.3 is 20.3 Å². The molecule has 2 saturated heterocycles. The van der Waals surface area contributed by atoms with E-state index in [1.54, 1.807) is 0 Å². The van der Waals surface area contributed by atoms with Gasteiger partial charge >= 0.3 is 0 Å². The van der Waals surface area contributed by atoms with Gasteiger partial charge in [-0.1, -0.05) is 24.3 Å². The van der Waals surface area contributed by atoms with Gasteiger partial charge in [-0.3, -0.25) is 9.89 Å². The van der Waals surface area contributed by atoms with Gasteiger partial charge in [-0.05, 0) is 41.5 Å². The normalized spacial score (nSPS) is 18.5. The van der Waals surface area contributed by atoms with Gasteiger partial charge in [0.15, 0.2) is 5.96 Å². The molecule has 3 heterocycles. The van der Waals surface area contributed by atoms with Crippen LogP contribution in [-0.2, 0) is 17.8 Å². The number of morpholine rings is 1. The molecule has 0 amide bonds. The largest absolute Gasteiger partial charge is 0.379 e. The van der Waals surface area contributed by atoms with Gasteiger partial charge in [0.2, 0.25) is 0 Å². The minimum Gasteiger partial charge on any atom is -0.379 e. The maximum atomic E-state index is 5.43. The molecular weight excluding hydrogens is 521 g/mol. The first-order valence-corrected chi connectivity index (χ1v) is 11.8. The fourth-order valence-electron chi connectivity index (χ4n) is 4.05. The van der Waals surface area contributed by atoms with E-state index in [0.717, 1.165) is 71.3 Å². The van der Waals surface area contributed by atoms with Crippen LogP contribution in [0.1, 0.15) is 24.0 Å². The summed E-state index contributed by atoms with van der Waals surface area (Å²) in [6, 6.07) is 13.7. The smallest absolute Gasteiger partial charge is 0.191 e. The molecule has 0 atom stereocenters. The molecule has 2 aromatic rings. The highest BCUT2D eigenvalue weighted by molar-refractivity contribution is 14.0. The molecule has 0 aliphatic carbocycles. The van der Waals surface area contributed by atoms with Crippen LogP contribution in [0.4, 0.5) is 5.00 Å². The van der Waals surface area contributed by atoms with E-state index in [0.29, 0.717) is 6.04 Å². The highest BCUT2D eigenvalue weighted by atomic mass is 127. The molecule has 0 saturated carbocycles. The number of ether oxygens (including phenoxy) is 1. The number of halogens is 1. The van der Waals surface area contributed by atoms with Crippen molar-refractivity contribution in [3.8, 4) is 0 Å². The summed E-state index contributed by atoms with van der Waals surface area (Å²) >= 11 is 1.83. The molecular formula is C23H34IN5OS. The molecule has 2 aliphatic heterocycles. The number of guanidine groups is 1. The Bertz CT molecular complexity index is 785. The van der Waals surface area contributed by atoms with Crippen molar-refractivity contribution in [1.29, 1.82) is 0 Å². The second-order valence-corrected chi connectivity index (χ2v) is 8.91. The number of hydrogen-bond donors (Lipinski definition) is 2. The van der Waals surface area contributed by atoms with Crippen LogP contribution in [0.15, 0.2) is 46.8 Å². The van der Waals surface area contributed by atoms with E-state index in [2.05, 4.69) is 67.2 Å². The highest BCUT2D eigenvalue weighted by Gasteiger charge is 2.20. The summed E-state index contributed by atoms with van der Waals surface area (Å²) in [5.41, 5.74) is 2.64. The minimum atomic E-state index is 0. The number of anilines is 1. The van der Waals surface area contributed by atoms with Gasteiger partial charge in [0, 0.05) is 52.4 Å².